The van der Waals surface area contributed by atoms with Gasteiger partial charge in [-0.2, -0.15) is 0 Å². The molecule has 0 amide bonds. The summed E-state index contributed by atoms with van der Waals surface area (Å²) in [7, 11) is 1.60. The summed E-state index contributed by atoms with van der Waals surface area (Å²) >= 11 is 0. The van der Waals surface area contributed by atoms with Crippen molar-refractivity contribution in [3.63, 3.8) is 0 Å². The number of hydrogen-bond donors (Lipinski definition) is 0. The van der Waals surface area contributed by atoms with Crippen LogP contribution in [-0.2, 0) is 4.74 Å². The predicted molar refractivity (Wildman–Crippen MR) is 105 cm³/mol. The smallest absolute Gasteiger partial charge is 0.342 e. The molecule has 4 rings (SSSR count). The van der Waals surface area contributed by atoms with Gasteiger partial charge in [0.05, 0.1) is 7.11 Å². The van der Waals surface area contributed by atoms with Gasteiger partial charge in [0, 0.05) is 17.0 Å². The average Bonchev–Trinajstić information content (AvgIpc) is 3.33. The predicted octanol–water partition coefficient (Wildman–Crippen LogP) is 4.55. The molecule has 1 aliphatic heterocycles. The van der Waals surface area contributed by atoms with Crippen molar-refractivity contribution in [1.82, 2.24) is 10.2 Å². The van der Waals surface area contributed by atoms with E-state index in [0.717, 1.165) is 16.9 Å². The second kappa shape index (κ2) is 7.58. The summed E-state index contributed by atoms with van der Waals surface area (Å²) in [6, 6.07) is 12.8. The van der Waals surface area contributed by atoms with Gasteiger partial charge in [-0.15, -0.1) is 10.2 Å². The summed E-state index contributed by atoms with van der Waals surface area (Å²) in [5.41, 5.74) is 2.17. The first-order valence-corrected chi connectivity index (χ1v) is 9.46. The molecule has 0 saturated carbocycles. The summed E-state index contributed by atoms with van der Waals surface area (Å²) in [6.07, 6.45) is -0.687. The lowest BCUT2D eigenvalue weighted by Crippen LogP contribution is -2.12. The van der Waals surface area contributed by atoms with E-state index < -0.39 is 12.1 Å². The highest BCUT2D eigenvalue weighted by Crippen LogP contribution is 2.40. The first kappa shape index (κ1) is 19.0. The van der Waals surface area contributed by atoms with Crippen molar-refractivity contribution >= 4 is 5.97 Å². The molecule has 1 aliphatic rings. The molecular weight excluding hydrogens is 372 g/mol. The average molecular weight is 394 g/mol. The van der Waals surface area contributed by atoms with Gasteiger partial charge in [-0.3, -0.25) is 0 Å². The molecule has 0 N–H and O–H groups in total. The third-order valence-corrected chi connectivity index (χ3v) is 5.17. The van der Waals surface area contributed by atoms with E-state index in [0.29, 0.717) is 17.2 Å². The lowest BCUT2D eigenvalue weighted by atomic mass is 9.97. The molecule has 0 aliphatic carbocycles. The van der Waals surface area contributed by atoms with Crippen molar-refractivity contribution in [1.29, 1.82) is 0 Å². The molecule has 0 fully saturated rings. The number of esters is 1. The number of rotatable bonds is 5. The highest BCUT2D eigenvalue weighted by atomic mass is 16.6. The van der Waals surface area contributed by atoms with E-state index in [1.165, 1.54) is 0 Å². The lowest BCUT2D eigenvalue weighted by molar-refractivity contribution is 0.0275. The summed E-state index contributed by atoms with van der Waals surface area (Å²) in [6.45, 7) is 5.76. The second-order valence-electron chi connectivity index (χ2n) is 7.06. The summed E-state index contributed by atoms with van der Waals surface area (Å²) < 4.78 is 22.3. The van der Waals surface area contributed by atoms with Crippen molar-refractivity contribution in [3.8, 4) is 23.0 Å². The van der Waals surface area contributed by atoms with E-state index in [1.807, 2.05) is 31.2 Å². The lowest BCUT2D eigenvalue weighted by Gasteiger charge is -2.12. The molecule has 0 unspecified atom stereocenters. The van der Waals surface area contributed by atoms with Crippen molar-refractivity contribution < 1.29 is 23.4 Å². The van der Waals surface area contributed by atoms with Crippen LogP contribution in [0.25, 0.3) is 11.5 Å². The van der Waals surface area contributed by atoms with E-state index in [-0.39, 0.29) is 17.9 Å². The van der Waals surface area contributed by atoms with Gasteiger partial charge in [-0.1, -0.05) is 19.1 Å². The van der Waals surface area contributed by atoms with Crippen molar-refractivity contribution in [2.24, 2.45) is 0 Å². The number of methoxy groups -OCH3 is 1. The second-order valence-corrected chi connectivity index (χ2v) is 7.06. The van der Waals surface area contributed by atoms with Crippen LogP contribution in [-0.4, -0.2) is 29.4 Å². The Morgan fingerprint density at radius 2 is 1.86 bits per heavy atom. The van der Waals surface area contributed by atoms with E-state index in [2.05, 4.69) is 17.1 Å². The Hall–Kier alpha value is -3.35. The van der Waals surface area contributed by atoms with E-state index >= 15 is 0 Å². The van der Waals surface area contributed by atoms with Gasteiger partial charge in [0.2, 0.25) is 5.89 Å². The molecule has 0 saturated heterocycles. The Balaban J connectivity index is 1.50. The van der Waals surface area contributed by atoms with Crippen LogP contribution in [0.4, 0.5) is 0 Å². The minimum Gasteiger partial charge on any atom is -0.497 e. The number of fused-ring (bicyclic) bond motifs is 1. The zero-order valence-electron chi connectivity index (χ0n) is 16.7. The summed E-state index contributed by atoms with van der Waals surface area (Å²) in [4.78, 5) is 12.7. The number of para-hydroxylation sites is 1. The fourth-order valence-corrected chi connectivity index (χ4v) is 3.27. The van der Waals surface area contributed by atoms with Crippen LogP contribution in [0.5, 0.6) is 11.5 Å². The molecule has 2 aromatic carbocycles. The molecule has 2 heterocycles. The number of carbonyl (C=O) groups excluding carboxylic acids is 1. The van der Waals surface area contributed by atoms with Crippen LogP contribution in [0.2, 0.25) is 0 Å². The van der Waals surface area contributed by atoms with Gasteiger partial charge >= 0.3 is 5.97 Å². The topological polar surface area (TPSA) is 83.7 Å². The number of benzene rings is 2. The number of aromatic nitrogens is 2. The Morgan fingerprint density at radius 1 is 1.10 bits per heavy atom. The van der Waals surface area contributed by atoms with Crippen LogP contribution in [0.15, 0.2) is 46.9 Å². The SMILES string of the molecule is COc1ccc(-c2nnc([C@H](C)OC(=O)c3cccc4c3O[C@H](C)[C@H]4C)o2)cc1. The van der Waals surface area contributed by atoms with Gasteiger partial charge in [0.15, 0.2) is 6.10 Å². The standard InChI is InChI=1S/C22H22N2O5/c1-12-13(2)27-19-17(12)6-5-7-18(19)22(25)28-14(3)20-23-24-21(29-20)15-8-10-16(26-4)11-9-15/h5-14H,1-4H3/t12-,13-,14+/m1/s1. The van der Waals surface area contributed by atoms with Crippen LogP contribution in [0.3, 0.4) is 0 Å². The Bertz CT molecular complexity index is 1030. The first-order chi connectivity index (χ1) is 14.0. The fraction of sp³-hybridized carbons (Fsp3) is 0.318. The summed E-state index contributed by atoms with van der Waals surface area (Å²) in [5, 5.41) is 8.07. The monoisotopic (exact) mass is 394 g/mol. The molecule has 1 aromatic heterocycles. The molecule has 7 heteroatoms. The van der Waals surface area contributed by atoms with E-state index in [4.69, 9.17) is 18.6 Å². The molecule has 3 atom stereocenters. The molecule has 29 heavy (non-hydrogen) atoms. The number of ether oxygens (including phenoxy) is 3. The van der Waals surface area contributed by atoms with E-state index in [1.54, 1.807) is 32.2 Å². The number of nitrogens with zero attached hydrogens (tertiary/aromatic N) is 2. The quantitative estimate of drug-likeness (QED) is 0.587. The maximum Gasteiger partial charge on any atom is 0.342 e. The van der Waals surface area contributed by atoms with Gasteiger partial charge in [0.1, 0.15) is 23.2 Å². The Morgan fingerprint density at radius 3 is 2.59 bits per heavy atom. The van der Waals surface area contributed by atoms with E-state index in [9.17, 15) is 4.79 Å². The number of carbonyl (C=O) groups is 1. The molecule has 3 aromatic rings. The van der Waals surface area contributed by atoms with Crippen molar-refractivity contribution in [3.05, 3.63) is 59.5 Å². The first-order valence-electron chi connectivity index (χ1n) is 9.46. The van der Waals surface area contributed by atoms with Gasteiger partial charge in [-0.05, 0) is 44.2 Å². The minimum atomic E-state index is -0.700. The van der Waals surface area contributed by atoms with Crippen LogP contribution < -0.4 is 9.47 Å². The zero-order chi connectivity index (χ0) is 20.5. The molecule has 0 spiro atoms. The van der Waals surface area contributed by atoms with Crippen LogP contribution in [0.1, 0.15) is 54.6 Å². The maximum absolute atomic E-state index is 12.7. The highest BCUT2D eigenvalue weighted by molar-refractivity contribution is 5.93. The fourth-order valence-electron chi connectivity index (χ4n) is 3.27. The van der Waals surface area contributed by atoms with Crippen LogP contribution in [0, 0.1) is 0 Å². The third kappa shape index (κ3) is 3.55. The van der Waals surface area contributed by atoms with Crippen molar-refractivity contribution in [2.75, 3.05) is 7.11 Å². The van der Waals surface area contributed by atoms with Gasteiger partial charge < -0.3 is 18.6 Å². The summed E-state index contributed by atoms with van der Waals surface area (Å²) in [5.74, 6) is 1.63. The van der Waals surface area contributed by atoms with Gasteiger partial charge in [0.25, 0.3) is 5.89 Å². The largest absolute Gasteiger partial charge is 0.497 e. The molecule has 7 nitrogen and oxygen atoms in total. The zero-order valence-corrected chi connectivity index (χ0v) is 16.7. The molecule has 0 radical (unpaired) electrons. The van der Waals surface area contributed by atoms with Crippen LogP contribution >= 0.6 is 0 Å². The Kier molecular flexibility index (Phi) is 4.96. The third-order valence-electron chi connectivity index (χ3n) is 5.17. The number of hydrogen-bond acceptors (Lipinski definition) is 7. The normalized spacial score (nSPS) is 18.6. The Labute approximate surface area is 168 Å². The highest BCUT2D eigenvalue weighted by Gasteiger charge is 2.32. The molecular formula is C22H22N2O5. The molecule has 150 valence electrons. The van der Waals surface area contributed by atoms with Gasteiger partial charge in [-0.25, -0.2) is 4.79 Å². The maximum atomic E-state index is 12.7. The van der Waals surface area contributed by atoms with Crippen molar-refractivity contribution in [2.45, 2.75) is 38.9 Å². The molecule has 0 bridgehead atoms. The minimum absolute atomic E-state index is 0.0133.